The van der Waals surface area contributed by atoms with E-state index in [1.54, 1.807) is 10.4 Å². The summed E-state index contributed by atoms with van der Waals surface area (Å²) in [4.78, 5) is 20.8. The molecule has 2 aliphatic carbocycles. The van der Waals surface area contributed by atoms with Crippen molar-refractivity contribution in [2.45, 2.75) is 81.9 Å². The number of benzene rings is 1. The van der Waals surface area contributed by atoms with Crippen molar-refractivity contribution in [3.63, 3.8) is 0 Å². The van der Waals surface area contributed by atoms with Gasteiger partial charge in [-0.25, -0.2) is 8.42 Å². The van der Waals surface area contributed by atoms with Crippen LogP contribution in [0, 0.1) is 5.92 Å². The molecule has 0 radical (unpaired) electrons. The van der Waals surface area contributed by atoms with E-state index in [1.807, 2.05) is 18.2 Å². The maximum Gasteiger partial charge on any atom is 0.259 e. The largest absolute Gasteiger partial charge is 0.339 e. The standard InChI is InChI=1S/C28H34N4O4S/c1-2-18-7-10-25-22(15-18)17-24(27(33)29-25)26-30-28(36-31-26)20-11-13-32(14-12-20)37(34,35)23-9-8-19-5-3-4-6-21(19)16-23/h8-9,16-18,20H,2-7,10-15H2,1H3,(H,29,33). The third kappa shape index (κ3) is 4.68. The number of aryl methyl sites for hydroxylation is 3. The van der Waals surface area contributed by atoms with E-state index >= 15 is 0 Å². The normalized spacial score (nSPS) is 20.9. The predicted octanol–water partition coefficient (Wildman–Crippen LogP) is 4.39. The first-order valence-electron chi connectivity index (χ1n) is 13.6. The minimum Gasteiger partial charge on any atom is -0.339 e. The summed E-state index contributed by atoms with van der Waals surface area (Å²) in [5, 5.41) is 4.13. The van der Waals surface area contributed by atoms with Gasteiger partial charge in [0.05, 0.1) is 10.5 Å². The lowest BCUT2D eigenvalue weighted by molar-refractivity contribution is 0.270. The number of aromatic nitrogens is 3. The molecule has 0 spiro atoms. The van der Waals surface area contributed by atoms with Crippen molar-refractivity contribution in [2.24, 2.45) is 5.92 Å². The lowest BCUT2D eigenvalue weighted by atomic mass is 9.84. The van der Waals surface area contributed by atoms with Crippen LogP contribution in [0.2, 0.25) is 0 Å². The van der Waals surface area contributed by atoms with E-state index in [0.29, 0.717) is 54.0 Å². The number of aromatic amines is 1. The summed E-state index contributed by atoms with van der Waals surface area (Å²) >= 11 is 0. The Kier molecular flexibility index (Phi) is 6.52. The van der Waals surface area contributed by atoms with Crippen molar-refractivity contribution in [3.8, 4) is 11.4 Å². The van der Waals surface area contributed by atoms with Gasteiger partial charge < -0.3 is 9.51 Å². The van der Waals surface area contributed by atoms with Crippen LogP contribution >= 0.6 is 0 Å². The number of sulfonamides is 1. The molecule has 0 bridgehead atoms. The molecule has 8 nitrogen and oxygen atoms in total. The molecule has 0 saturated carbocycles. The van der Waals surface area contributed by atoms with Crippen LogP contribution in [0.15, 0.2) is 38.5 Å². The Morgan fingerprint density at radius 3 is 2.59 bits per heavy atom. The molecule has 1 aromatic carbocycles. The van der Waals surface area contributed by atoms with E-state index in [0.717, 1.165) is 50.6 Å². The third-order valence-electron chi connectivity index (χ3n) is 8.55. The Morgan fingerprint density at radius 1 is 1.03 bits per heavy atom. The second-order valence-electron chi connectivity index (χ2n) is 10.8. The highest BCUT2D eigenvalue weighted by Gasteiger charge is 2.33. The smallest absolute Gasteiger partial charge is 0.259 e. The zero-order valence-electron chi connectivity index (χ0n) is 21.3. The quantitative estimate of drug-likeness (QED) is 0.532. The summed E-state index contributed by atoms with van der Waals surface area (Å²) in [7, 11) is -3.54. The Balaban J connectivity index is 1.16. The molecule has 0 amide bonds. The molecule has 1 aliphatic heterocycles. The summed E-state index contributed by atoms with van der Waals surface area (Å²) in [6.45, 7) is 3.01. The van der Waals surface area contributed by atoms with E-state index in [2.05, 4.69) is 22.0 Å². The fraction of sp³-hybridized carbons (Fsp3) is 0.536. The molecule has 9 heteroatoms. The van der Waals surface area contributed by atoms with Crippen LogP contribution in [0.3, 0.4) is 0 Å². The molecule has 1 atom stereocenters. The minimum atomic E-state index is -3.54. The molecule has 37 heavy (non-hydrogen) atoms. The fourth-order valence-electron chi connectivity index (χ4n) is 6.17. The number of piperidine rings is 1. The van der Waals surface area contributed by atoms with Crippen LogP contribution in [0.1, 0.15) is 79.6 Å². The van der Waals surface area contributed by atoms with Gasteiger partial charge in [0.2, 0.25) is 21.7 Å². The molecule has 1 saturated heterocycles. The Labute approximate surface area is 217 Å². The van der Waals surface area contributed by atoms with Gasteiger partial charge in [0, 0.05) is 24.7 Å². The maximum atomic E-state index is 13.3. The number of hydrogen-bond donors (Lipinski definition) is 1. The number of H-pyrrole nitrogens is 1. The van der Waals surface area contributed by atoms with E-state index in [-0.39, 0.29) is 11.5 Å². The summed E-state index contributed by atoms with van der Waals surface area (Å²) in [6.07, 6.45) is 9.55. The van der Waals surface area contributed by atoms with Gasteiger partial charge in [0.25, 0.3) is 5.56 Å². The summed E-state index contributed by atoms with van der Waals surface area (Å²) in [5.41, 5.74) is 4.89. The maximum absolute atomic E-state index is 13.3. The molecular formula is C28H34N4O4S. The number of hydrogen-bond acceptors (Lipinski definition) is 6. The molecule has 6 rings (SSSR count). The average molecular weight is 523 g/mol. The van der Waals surface area contributed by atoms with E-state index in [9.17, 15) is 13.2 Å². The minimum absolute atomic E-state index is 0.0302. The van der Waals surface area contributed by atoms with Gasteiger partial charge in [-0.15, -0.1) is 0 Å². The van der Waals surface area contributed by atoms with Gasteiger partial charge in [-0.1, -0.05) is 24.6 Å². The van der Waals surface area contributed by atoms with Crippen LogP contribution in [0.4, 0.5) is 0 Å². The lowest BCUT2D eigenvalue weighted by Crippen LogP contribution is -2.38. The van der Waals surface area contributed by atoms with Crippen molar-refractivity contribution in [1.29, 1.82) is 0 Å². The van der Waals surface area contributed by atoms with Gasteiger partial charge >= 0.3 is 0 Å². The Hall–Kier alpha value is -2.78. The summed E-state index contributed by atoms with van der Waals surface area (Å²) in [6, 6.07) is 7.55. The van der Waals surface area contributed by atoms with Gasteiger partial charge in [0.1, 0.15) is 0 Å². The molecule has 1 unspecified atom stereocenters. The number of nitrogens with zero attached hydrogens (tertiary/aromatic N) is 3. The topological polar surface area (TPSA) is 109 Å². The monoisotopic (exact) mass is 522 g/mol. The van der Waals surface area contributed by atoms with E-state index in [1.165, 1.54) is 23.1 Å². The zero-order valence-corrected chi connectivity index (χ0v) is 22.1. The van der Waals surface area contributed by atoms with Crippen molar-refractivity contribution >= 4 is 10.0 Å². The first kappa shape index (κ1) is 24.6. The fourth-order valence-corrected chi connectivity index (χ4v) is 7.69. The van der Waals surface area contributed by atoms with Crippen LogP contribution in [0.25, 0.3) is 11.4 Å². The molecule has 1 fully saturated rings. The number of nitrogens with one attached hydrogen (secondary N) is 1. The van der Waals surface area contributed by atoms with E-state index in [4.69, 9.17) is 4.52 Å². The van der Waals surface area contributed by atoms with Gasteiger partial charge in [-0.3, -0.25) is 4.79 Å². The van der Waals surface area contributed by atoms with Crippen molar-refractivity contribution in [1.82, 2.24) is 19.4 Å². The molecule has 1 N–H and O–H groups in total. The van der Waals surface area contributed by atoms with Crippen molar-refractivity contribution in [2.75, 3.05) is 13.1 Å². The van der Waals surface area contributed by atoms with Crippen LogP contribution in [0.5, 0.6) is 0 Å². The molecule has 3 aliphatic rings. The van der Waals surface area contributed by atoms with Crippen LogP contribution < -0.4 is 5.56 Å². The summed E-state index contributed by atoms with van der Waals surface area (Å²) < 4.78 is 33.8. The number of rotatable bonds is 5. The SMILES string of the molecule is CCC1CCc2[nH]c(=O)c(-c3noc(C4CCN(S(=O)(=O)c5ccc6c(c5)CCCC6)CC4)n3)cc2C1. The molecule has 3 aromatic rings. The third-order valence-corrected chi connectivity index (χ3v) is 10.4. The van der Waals surface area contributed by atoms with Gasteiger partial charge in [-0.05, 0) is 98.6 Å². The highest BCUT2D eigenvalue weighted by atomic mass is 32.2. The highest BCUT2D eigenvalue weighted by molar-refractivity contribution is 7.89. The second kappa shape index (κ2) is 9.83. The lowest BCUT2D eigenvalue weighted by Gasteiger charge is -2.30. The molecule has 196 valence electrons. The first-order valence-corrected chi connectivity index (χ1v) is 15.1. The van der Waals surface area contributed by atoms with Gasteiger partial charge in [0.15, 0.2) is 0 Å². The van der Waals surface area contributed by atoms with Crippen molar-refractivity contribution in [3.05, 3.63) is 62.9 Å². The van der Waals surface area contributed by atoms with Gasteiger partial charge in [-0.2, -0.15) is 9.29 Å². The molecule has 3 heterocycles. The van der Waals surface area contributed by atoms with Crippen molar-refractivity contribution < 1.29 is 12.9 Å². The molecular weight excluding hydrogens is 488 g/mol. The zero-order chi connectivity index (χ0) is 25.6. The Bertz CT molecular complexity index is 1470. The average Bonchev–Trinajstić information content (AvgIpc) is 3.42. The molecule has 2 aromatic heterocycles. The second-order valence-corrected chi connectivity index (χ2v) is 12.7. The van der Waals surface area contributed by atoms with Crippen LogP contribution in [-0.4, -0.2) is 40.9 Å². The van der Waals surface area contributed by atoms with E-state index < -0.39 is 10.0 Å². The van der Waals surface area contributed by atoms with Crippen LogP contribution in [-0.2, 0) is 35.7 Å². The number of pyridine rings is 1. The first-order chi connectivity index (χ1) is 17.9. The highest BCUT2D eigenvalue weighted by Crippen LogP contribution is 2.33. The number of fused-ring (bicyclic) bond motifs is 2. The Morgan fingerprint density at radius 2 is 1.81 bits per heavy atom. The summed E-state index contributed by atoms with van der Waals surface area (Å²) in [5.74, 6) is 1.39. The predicted molar refractivity (Wildman–Crippen MR) is 140 cm³/mol.